The van der Waals surface area contributed by atoms with E-state index in [1.165, 1.54) is 20.2 Å². The lowest BCUT2D eigenvalue weighted by Gasteiger charge is -2.13. The fourth-order valence-electron chi connectivity index (χ4n) is 4.53. The van der Waals surface area contributed by atoms with E-state index in [9.17, 15) is 0 Å². The van der Waals surface area contributed by atoms with Crippen molar-refractivity contribution in [3.05, 3.63) is 90.5 Å². The van der Waals surface area contributed by atoms with Gasteiger partial charge in [-0.3, -0.25) is 0 Å². The van der Waals surface area contributed by atoms with E-state index < -0.39 is 6.85 Å². The van der Waals surface area contributed by atoms with E-state index in [-0.39, 0.29) is 6.04 Å². The molecular formula is C29H24N2S. The standard InChI is InChI=1S/C29H24N2S/c1-18(2)31-26-7-5-4-6-25(26)30-29(31)22-13-15-28-24(17-22)23-16-21(12-14-27(23)32-28)20-10-8-19(3)9-11-20/h4-18H,1-3H3/i3D3. The zero-order valence-electron chi connectivity index (χ0n) is 21.0. The van der Waals surface area contributed by atoms with Crippen molar-refractivity contribution < 1.29 is 4.11 Å². The number of thiophene rings is 1. The van der Waals surface area contributed by atoms with Gasteiger partial charge in [0.15, 0.2) is 0 Å². The minimum atomic E-state index is -2.09. The molecule has 0 saturated carbocycles. The van der Waals surface area contributed by atoms with Gasteiger partial charge in [0.1, 0.15) is 5.82 Å². The number of aromatic nitrogens is 2. The molecule has 6 aromatic rings. The van der Waals surface area contributed by atoms with Crippen molar-refractivity contribution in [2.75, 3.05) is 0 Å². The Hall–Kier alpha value is -3.43. The van der Waals surface area contributed by atoms with Crippen molar-refractivity contribution >= 4 is 42.5 Å². The highest BCUT2D eigenvalue weighted by molar-refractivity contribution is 7.25. The molecule has 0 amide bonds. The minimum Gasteiger partial charge on any atom is -0.321 e. The van der Waals surface area contributed by atoms with Gasteiger partial charge in [-0.15, -0.1) is 11.3 Å². The summed E-state index contributed by atoms with van der Waals surface area (Å²) in [4.78, 5) is 4.99. The second-order valence-corrected chi connectivity index (χ2v) is 9.57. The number of rotatable bonds is 3. The largest absolute Gasteiger partial charge is 0.321 e. The van der Waals surface area contributed by atoms with Crippen LogP contribution in [0.5, 0.6) is 0 Å². The van der Waals surface area contributed by atoms with Crippen LogP contribution >= 0.6 is 11.3 Å². The van der Waals surface area contributed by atoms with Crippen molar-refractivity contribution in [3.63, 3.8) is 0 Å². The molecule has 0 bridgehead atoms. The maximum Gasteiger partial charge on any atom is 0.141 e. The van der Waals surface area contributed by atoms with Crippen LogP contribution in [0.3, 0.4) is 0 Å². The Labute approximate surface area is 196 Å². The summed E-state index contributed by atoms with van der Waals surface area (Å²) in [5, 5.41) is 2.42. The highest BCUT2D eigenvalue weighted by Crippen LogP contribution is 2.39. The van der Waals surface area contributed by atoms with Crippen LogP contribution in [0.25, 0.3) is 53.7 Å². The summed E-state index contributed by atoms with van der Waals surface area (Å²) in [7, 11) is 0. The maximum absolute atomic E-state index is 7.62. The molecule has 6 rings (SSSR count). The summed E-state index contributed by atoms with van der Waals surface area (Å²) < 4.78 is 27.6. The van der Waals surface area contributed by atoms with Crippen molar-refractivity contribution in [2.24, 2.45) is 0 Å². The Morgan fingerprint density at radius 2 is 1.44 bits per heavy atom. The van der Waals surface area contributed by atoms with Gasteiger partial charge in [0.2, 0.25) is 0 Å². The topological polar surface area (TPSA) is 17.8 Å². The summed E-state index contributed by atoms with van der Waals surface area (Å²) in [5.41, 5.74) is 5.71. The highest BCUT2D eigenvalue weighted by atomic mass is 32.1. The Balaban J connectivity index is 1.50. The van der Waals surface area contributed by atoms with Crippen LogP contribution in [-0.2, 0) is 0 Å². The van der Waals surface area contributed by atoms with Crippen LogP contribution in [0, 0.1) is 6.85 Å². The fraction of sp³-hybridized carbons (Fsp3) is 0.138. The molecule has 0 atom stereocenters. The predicted molar refractivity (Wildman–Crippen MR) is 139 cm³/mol. The number of hydrogen-bond acceptors (Lipinski definition) is 2. The molecule has 2 nitrogen and oxygen atoms in total. The molecule has 32 heavy (non-hydrogen) atoms. The van der Waals surface area contributed by atoms with E-state index in [0.717, 1.165) is 33.5 Å². The van der Waals surface area contributed by atoms with E-state index in [1.54, 1.807) is 23.5 Å². The van der Waals surface area contributed by atoms with Gasteiger partial charge in [-0.25, -0.2) is 4.98 Å². The number of imidazole rings is 1. The summed E-state index contributed by atoms with van der Waals surface area (Å²) >= 11 is 1.79. The molecule has 0 aliphatic heterocycles. The monoisotopic (exact) mass is 435 g/mol. The first kappa shape index (κ1) is 16.2. The Morgan fingerprint density at radius 3 is 2.16 bits per heavy atom. The van der Waals surface area contributed by atoms with E-state index in [1.807, 2.05) is 18.2 Å². The molecule has 4 aromatic carbocycles. The van der Waals surface area contributed by atoms with Gasteiger partial charge in [-0.05, 0) is 74.3 Å². The second-order valence-electron chi connectivity index (χ2n) is 8.49. The van der Waals surface area contributed by atoms with Crippen molar-refractivity contribution in [1.29, 1.82) is 0 Å². The van der Waals surface area contributed by atoms with E-state index in [2.05, 4.69) is 73.0 Å². The van der Waals surface area contributed by atoms with Gasteiger partial charge in [0.25, 0.3) is 0 Å². The van der Waals surface area contributed by atoms with Gasteiger partial charge in [-0.2, -0.15) is 0 Å². The molecule has 0 unspecified atom stereocenters. The zero-order chi connectivity index (χ0) is 24.3. The van der Waals surface area contributed by atoms with Crippen LogP contribution in [0.15, 0.2) is 84.9 Å². The molecule has 0 fully saturated rings. The van der Waals surface area contributed by atoms with E-state index in [4.69, 9.17) is 9.10 Å². The molecule has 0 spiro atoms. The van der Waals surface area contributed by atoms with Crippen molar-refractivity contribution in [1.82, 2.24) is 9.55 Å². The fourth-order valence-corrected chi connectivity index (χ4v) is 5.60. The number of hydrogen-bond donors (Lipinski definition) is 0. The number of nitrogens with zero attached hydrogens (tertiary/aromatic N) is 2. The van der Waals surface area contributed by atoms with Gasteiger partial charge in [-0.1, -0.05) is 48.0 Å². The molecule has 3 heteroatoms. The lowest BCUT2D eigenvalue weighted by molar-refractivity contribution is 0.624. The zero-order valence-corrected chi connectivity index (χ0v) is 18.8. The first-order valence-corrected chi connectivity index (χ1v) is 11.7. The van der Waals surface area contributed by atoms with Crippen LogP contribution in [0.1, 0.15) is 29.6 Å². The number of para-hydroxylation sites is 2. The first-order chi connectivity index (χ1) is 16.8. The lowest BCUT2D eigenvalue weighted by atomic mass is 10.0. The molecule has 0 saturated heterocycles. The quantitative estimate of drug-likeness (QED) is 0.272. The normalized spacial score (nSPS) is 13.7. The maximum atomic E-state index is 7.62. The van der Waals surface area contributed by atoms with Gasteiger partial charge < -0.3 is 4.57 Å². The summed E-state index contributed by atoms with van der Waals surface area (Å²) in [6.07, 6.45) is 0. The molecular weight excluding hydrogens is 408 g/mol. The Bertz CT molecular complexity index is 1710. The smallest absolute Gasteiger partial charge is 0.141 e. The minimum absolute atomic E-state index is 0.289. The number of aryl methyl sites for hydroxylation is 1. The van der Waals surface area contributed by atoms with Crippen LogP contribution in [-0.4, -0.2) is 9.55 Å². The first-order valence-electron chi connectivity index (χ1n) is 12.3. The number of benzene rings is 4. The van der Waals surface area contributed by atoms with Crippen LogP contribution in [0.4, 0.5) is 0 Å². The SMILES string of the molecule is [2H]C([2H])([2H])c1ccc(-c2ccc3sc4ccc(-c5nc6ccccc6n5C(C)C)cc4c3c2)cc1. The van der Waals surface area contributed by atoms with Gasteiger partial charge >= 0.3 is 0 Å². The average Bonchev–Trinajstić information content (AvgIpc) is 3.41. The lowest BCUT2D eigenvalue weighted by Crippen LogP contribution is -2.02. The van der Waals surface area contributed by atoms with E-state index >= 15 is 0 Å². The molecule has 0 radical (unpaired) electrons. The van der Waals surface area contributed by atoms with Crippen molar-refractivity contribution in [2.45, 2.75) is 26.7 Å². The molecule has 156 valence electrons. The second kappa shape index (κ2) is 7.32. The van der Waals surface area contributed by atoms with E-state index in [0.29, 0.717) is 5.56 Å². The van der Waals surface area contributed by atoms with Crippen molar-refractivity contribution in [3.8, 4) is 22.5 Å². The van der Waals surface area contributed by atoms with Crippen LogP contribution < -0.4 is 0 Å². The highest BCUT2D eigenvalue weighted by Gasteiger charge is 2.16. The molecule has 0 N–H and O–H groups in total. The van der Waals surface area contributed by atoms with Gasteiger partial charge in [0, 0.05) is 35.9 Å². The summed E-state index contributed by atoms with van der Waals surface area (Å²) in [6, 6.07) is 28.9. The Kier molecular flexibility index (Phi) is 3.71. The average molecular weight is 436 g/mol. The molecule has 2 aromatic heterocycles. The molecule has 2 heterocycles. The summed E-state index contributed by atoms with van der Waals surface area (Å²) in [5.74, 6) is 0.985. The molecule has 0 aliphatic rings. The predicted octanol–water partition coefficient (Wildman–Crippen LogP) is 8.63. The third-order valence-electron chi connectivity index (χ3n) is 6.06. The third kappa shape index (κ3) is 3.04. The third-order valence-corrected chi connectivity index (χ3v) is 7.21. The Morgan fingerprint density at radius 1 is 0.781 bits per heavy atom. The number of fused-ring (bicyclic) bond motifs is 4. The summed E-state index contributed by atoms with van der Waals surface area (Å²) in [6.45, 7) is 2.30. The molecule has 0 aliphatic carbocycles. The van der Waals surface area contributed by atoms with Crippen LogP contribution in [0.2, 0.25) is 0 Å². The van der Waals surface area contributed by atoms with Gasteiger partial charge in [0.05, 0.1) is 11.0 Å².